The molecule has 0 spiro atoms. The molecule has 0 aromatic heterocycles. The summed E-state index contributed by atoms with van der Waals surface area (Å²) >= 11 is 0. The molecule has 0 fully saturated rings. The van der Waals surface area contributed by atoms with Gasteiger partial charge >= 0.3 is 16.4 Å². The van der Waals surface area contributed by atoms with Gasteiger partial charge in [0, 0.05) is 20.5 Å². The molecule has 0 aliphatic heterocycles. The Labute approximate surface area is 298 Å². The highest BCUT2D eigenvalue weighted by Crippen LogP contribution is 2.22. The second-order valence-corrected chi connectivity index (χ2v) is 13.2. The molecule has 0 aliphatic rings. The highest BCUT2D eigenvalue weighted by Gasteiger charge is 2.37. The van der Waals surface area contributed by atoms with Crippen LogP contribution in [0.2, 0.25) is 1.41 Å². The third-order valence-electron chi connectivity index (χ3n) is 8.53. The van der Waals surface area contributed by atoms with Gasteiger partial charge in [0.25, 0.3) is 0 Å². The molecule has 0 aliphatic carbocycles. The minimum atomic E-state index is -4.72. The van der Waals surface area contributed by atoms with Crippen molar-refractivity contribution in [3.8, 4) is 5.75 Å². The fourth-order valence-corrected chi connectivity index (χ4v) is 6.03. The molecule has 3 amide bonds. The molecule has 0 unspecified atom stereocenters. The number of carbonyl (C=O) groups excluding carboxylic acids is 4. The van der Waals surface area contributed by atoms with E-state index in [1.54, 1.807) is 0 Å². The average Bonchev–Trinajstić information content (AvgIpc) is 3.10. The smallest absolute Gasteiger partial charge is 0.446 e. The number of aliphatic carboxylic acids is 1. The molecule has 15 nitrogen and oxygen atoms in total. The maximum Gasteiger partial charge on any atom is 0.446 e. The summed E-state index contributed by atoms with van der Waals surface area (Å²) in [7, 11) is -2.09. The predicted molar refractivity (Wildman–Crippen MR) is 189 cm³/mol. The number of amides is 3. The van der Waals surface area contributed by atoms with E-state index in [9.17, 15) is 37.5 Å². The summed E-state index contributed by atoms with van der Waals surface area (Å²) in [6, 6.07) is 13.8. The van der Waals surface area contributed by atoms with E-state index in [-0.39, 0.29) is 31.6 Å². The van der Waals surface area contributed by atoms with Crippen LogP contribution in [0.3, 0.4) is 0 Å². The average molecular weight is 729 g/mol. The van der Waals surface area contributed by atoms with Crippen molar-refractivity contribution in [1.82, 2.24) is 15.1 Å². The predicted octanol–water partition coefficient (Wildman–Crippen LogP) is 1.47. The molecule has 51 heavy (non-hydrogen) atoms. The molecule has 4 atom stereocenters. The van der Waals surface area contributed by atoms with E-state index < -0.39 is 70.5 Å². The van der Waals surface area contributed by atoms with Gasteiger partial charge in [-0.1, -0.05) is 74.4 Å². The van der Waals surface area contributed by atoms with Crippen molar-refractivity contribution in [3.05, 3.63) is 77.9 Å². The van der Waals surface area contributed by atoms with Crippen LogP contribution in [0.4, 0.5) is 0 Å². The molecule has 0 saturated heterocycles. The number of rotatable bonds is 21. The van der Waals surface area contributed by atoms with Gasteiger partial charge in [0.1, 0.15) is 19.2 Å². The molecule has 16 heteroatoms. The maximum absolute atomic E-state index is 13.9. The molecule has 7 N–H and O–H groups in total. The number of carbonyl (C=O) groups is 5. The van der Waals surface area contributed by atoms with E-state index in [0.717, 1.165) is 26.1 Å². The van der Waals surface area contributed by atoms with E-state index in [1.165, 1.54) is 38.4 Å². The standard InChI is InChI=1S/C35H45N5O10S/c1-4-5-13-28(38-21-31(41)27(36)18-22-14-16-25(17-15-22)50-51(47,48)49)34(45)40(3)30(20-32(42)43)35(46)39(2)29(33(37)44)19-24-11-8-10-23-9-6-7-12-26(23)24/h6-12,14-17,27-30,38H,4-5,13,18-21,36H2,1-3H3,(H2,37,44)(H,42,43)(H,47,48,49)/t27-,28-,29-,30+/m0/s1/i/hD. The number of nitrogens with one attached hydrogen (secondary N) is 1. The maximum atomic E-state index is 13.9. The number of carboxylic acid groups (broad SMARTS) is 1. The number of benzene rings is 3. The third-order valence-corrected chi connectivity index (χ3v) is 8.93. The van der Waals surface area contributed by atoms with Crippen LogP contribution in [0.15, 0.2) is 66.7 Å². The number of ketones is 1. The number of nitrogens with two attached hydrogens (primary N) is 2. The van der Waals surface area contributed by atoms with E-state index in [2.05, 4.69) is 15.2 Å². The number of unbranched alkanes of at least 4 members (excludes halogenated alkanes) is 1. The van der Waals surface area contributed by atoms with E-state index in [4.69, 9.17) is 11.7 Å². The van der Waals surface area contributed by atoms with Crippen molar-refractivity contribution in [1.29, 1.82) is 0 Å². The Morgan fingerprint density at radius 2 is 1.57 bits per heavy atom. The molecule has 3 aromatic carbocycles. The summed E-state index contributed by atoms with van der Waals surface area (Å²) in [5, 5.41) is 14.4. The zero-order chi connectivity index (χ0) is 38.6. The Balaban J connectivity index is 1.77. The topological polar surface area (TPSA) is 240 Å². The lowest BCUT2D eigenvalue weighted by Crippen LogP contribution is -2.58. The van der Waals surface area contributed by atoms with Gasteiger partial charge in [0.2, 0.25) is 17.7 Å². The van der Waals surface area contributed by atoms with Gasteiger partial charge in [-0.3, -0.25) is 33.8 Å². The van der Waals surface area contributed by atoms with Crippen molar-refractivity contribution in [2.75, 3.05) is 20.6 Å². The van der Waals surface area contributed by atoms with Gasteiger partial charge in [0.05, 0.1) is 25.0 Å². The number of carboxylic acids is 1. The summed E-state index contributed by atoms with van der Waals surface area (Å²) in [6.45, 7) is 1.54. The highest BCUT2D eigenvalue weighted by molar-refractivity contribution is 7.81. The summed E-state index contributed by atoms with van der Waals surface area (Å²) in [6.07, 6.45) is 0.791. The number of hydrogen-bond acceptors (Lipinski definition) is 10. The van der Waals surface area contributed by atoms with Crippen molar-refractivity contribution < 1.29 is 47.6 Å². The molecule has 3 aromatic rings. The van der Waals surface area contributed by atoms with Gasteiger partial charge in [-0.15, -0.1) is 0 Å². The Bertz CT molecular complexity index is 1840. The normalized spacial score (nSPS) is 14.1. The summed E-state index contributed by atoms with van der Waals surface area (Å²) in [4.78, 5) is 67.7. The van der Waals surface area contributed by atoms with E-state index >= 15 is 0 Å². The number of fused-ring (bicyclic) bond motifs is 1. The Kier molecular flexibility index (Phi) is 14.0. The summed E-state index contributed by atoms with van der Waals surface area (Å²) < 4.78 is 42.8. The molecule has 0 radical (unpaired) electrons. The molecule has 3 rings (SSSR count). The number of likely N-dealkylation sites (N-methyl/N-ethyl adjacent to an activating group) is 2. The zero-order valence-electron chi connectivity index (χ0n) is 29.7. The van der Waals surface area contributed by atoms with Crippen LogP contribution in [0.25, 0.3) is 10.8 Å². The van der Waals surface area contributed by atoms with E-state index in [1.807, 2.05) is 49.4 Å². The Morgan fingerprint density at radius 1 is 0.922 bits per heavy atom. The lowest BCUT2D eigenvalue weighted by molar-refractivity contribution is -0.151. The highest BCUT2D eigenvalue weighted by atomic mass is 32.3. The zero-order valence-corrected chi connectivity index (χ0v) is 29.5. The van der Waals surface area contributed by atoms with Gasteiger partial charge in [-0.25, -0.2) is 0 Å². The monoisotopic (exact) mass is 728 g/mol. The third kappa shape index (κ3) is 11.8. The first-order valence-electron chi connectivity index (χ1n) is 16.8. The van der Waals surface area contributed by atoms with E-state index in [0.29, 0.717) is 18.4 Å². The van der Waals surface area contributed by atoms with Crippen molar-refractivity contribution in [2.45, 2.75) is 69.6 Å². The van der Waals surface area contributed by atoms with Crippen LogP contribution in [0.1, 0.15) is 43.7 Å². The summed E-state index contributed by atoms with van der Waals surface area (Å²) in [5.74, 6) is -4.26. The van der Waals surface area contributed by atoms with Crippen LogP contribution >= 0.6 is 0 Å². The van der Waals surface area contributed by atoms with Gasteiger partial charge in [0.15, 0.2) is 5.78 Å². The fraction of sp³-hybridized carbons (Fsp3) is 0.400. The first-order valence-corrected chi connectivity index (χ1v) is 17.6. The lowest BCUT2D eigenvalue weighted by Gasteiger charge is -2.35. The van der Waals surface area contributed by atoms with Crippen LogP contribution in [-0.4, -0.2) is 102 Å². The van der Waals surface area contributed by atoms with Crippen molar-refractivity contribution in [3.63, 3.8) is 0 Å². The SMILES string of the molecule is [2H]N[C@@H](Cc1ccc(OS(=O)(=O)O)cc1)C(=O)CN[C@@H](CCCC)C(=O)N(C)[C@H](CC(=O)O)C(=O)N(C)[C@@H](Cc1cccc2ccccc12)C(N)=O. The van der Waals surface area contributed by atoms with Crippen molar-refractivity contribution >= 4 is 50.6 Å². The number of nitrogens with zero attached hydrogens (tertiary/aromatic N) is 2. The molecule has 276 valence electrons. The summed E-state index contributed by atoms with van der Waals surface area (Å²) in [5.41, 5.74) is 9.23. The molecule has 0 saturated carbocycles. The van der Waals surface area contributed by atoms with Gasteiger partial charge in [-0.05, 0) is 46.9 Å². The fourth-order valence-electron chi connectivity index (χ4n) is 5.67. The second kappa shape index (κ2) is 18.4. The minimum Gasteiger partial charge on any atom is -0.481 e. The quantitative estimate of drug-likeness (QED) is 0.0980. The van der Waals surface area contributed by atoms with Gasteiger partial charge < -0.3 is 30.5 Å². The van der Waals surface area contributed by atoms with Crippen LogP contribution in [0, 0.1) is 0 Å². The second-order valence-electron chi connectivity index (χ2n) is 12.2. The first-order chi connectivity index (χ1) is 24.6. The molecular formula is C35H45N5O10S. The number of primary amides is 1. The van der Waals surface area contributed by atoms with Crippen LogP contribution in [-0.2, 0) is 47.2 Å². The number of hydrogen-bond donors (Lipinski definition) is 5. The number of Topliss-reactive ketones (excluding diaryl/α,β-unsaturated/α-hetero) is 1. The largest absolute Gasteiger partial charge is 0.481 e. The van der Waals surface area contributed by atoms with Gasteiger partial charge in [-0.2, -0.15) is 8.42 Å². The minimum absolute atomic E-state index is 0.0188. The van der Waals surface area contributed by atoms with Crippen LogP contribution < -0.4 is 21.0 Å². The molecule has 0 heterocycles. The molecule has 0 bridgehead atoms. The molecular weight excluding hydrogens is 682 g/mol. The Hall–Kier alpha value is -4.90. The lowest BCUT2D eigenvalue weighted by atomic mass is 9.97. The first kappa shape index (κ1) is 38.9. The van der Waals surface area contributed by atoms with Crippen LogP contribution in [0.5, 0.6) is 5.75 Å². The van der Waals surface area contributed by atoms with Crippen molar-refractivity contribution in [2.24, 2.45) is 11.5 Å². The Morgan fingerprint density at radius 3 is 2.18 bits per heavy atom.